The number of nitriles is 1. The Hall–Kier alpha value is -3.06. The average Bonchev–Trinajstić information content (AvgIpc) is 2.80. The van der Waals surface area contributed by atoms with Crippen LogP contribution in [0.25, 0.3) is 0 Å². The van der Waals surface area contributed by atoms with E-state index in [9.17, 15) is 32.0 Å². The molecule has 0 radical (unpaired) electrons. The maximum Gasteiger partial charge on any atom is 0.471 e. The Labute approximate surface area is 184 Å². The van der Waals surface area contributed by atoms with Gasteiger partial charge in [-0.25, -0.2) is 8.78 Å². The Morgan fingerprint density at radius 3 is 2.69 bits per heavy atom. The Bertz CT molecular complexity index is 1160. The lowest BCUT2D eigenvalue weighted by molar-refractivity contribution is -0.175. The van der Waals surface area contributed by atoms with Crippen LogP contribution < -0.4 is 15.0 Å². The molecule has 11 heteroatoms. The van der Waals surface area contributed by atoms with Gasteiger partial charge in [-0.15, -0.1) is 0 Å². The molecule has 168 valence electrons. The molecule has 1 unspecified atom stereocenters. The van der Waals surface area contributed by atoms with Crippen molar-refractivity contribution in [1.29, 1.82) is 5.26 Å². The highest BCUT2D eigenvalue weighted by Crippen LogP contribution is 2.54. The number of alkyl halides is 3. The summed E-state index contributed by atoms with van der Waals surface area (Å²) in [4.78, 5) is 13.4. The molecular weight excluding hydrogens is 457 g/mol. The molecule has 5 nitrogen and oxygen atoms in total. The van der Waals surface area contributed by atoms with Crippen LogP contribution in [0.1, 0.15) is 30.9 Å². The van der Waals surface area contributed by atoms with Gasteiger partial charge in [0.1, 0.15) is 34.7 Å². The maximum atomic E-state index is 14.5. The highest BCUT2D eigenvalue weighted by molar-refractivity contribution is 6.35. The number of fused-ring (bicyclic) bond motifs is 5. The van der Waals surface area contributed by atoms with Crippen molar-refractivity contribution in [3.63, 3.8) is 0 Å². The number of anilines is 1. The van der Waals surface area contributed by atoms with E-state index in [-0.39, 0.29) is 40.7 Å². The van der Waals surface area contributed by atoms with Gasteiger partial charge < -0.3 is 15.0 Å². The zero-order valence-electron chi connectivity index (χ0n) is 16.5. The lowest BCUT2D eigenvalue weighted by Crippen LogP contribution is -2.63. The molecule has 32 heavy (non-hydrogen) atoms. The van der Waals surface area contributed by atoms with Gasteiger partial charge in [-0.1, -0.05) is 11.6 Å². The topological polar surface area (TPSA) is 65.4 Å². The summed E-state index contributed by atoms with van der Waals surface area (Å²) < 4.78 is 73.4. The van der Waals surface area contributed by atoms with Gasteiger partial charge in [0.05, 0.1) is 16.6 Å². The van der Waals surface area contributed by atoms with E-state index in [1.54, 1.807) is 17.9 Å². The Kier molecular flexibility index (Phi) is 5.20. The SMILES string of the molecule is C[C@]12c3ccc(F)cc3Oc3cc(F)c(C#N)c(Cl)c3N1CCCC2NC(=O)C(F)(F)F. The smallest absolute Gasteiger partial charge is 0.455 e. The van der Waals surface area contributed by atoms with Gasteiger partial charge >= 0.3 is 12.1 Å². The van der Waals surface area contributed by atoms with Gasteiger partial charge in [0.2, 0.25) is 0 Å². The number of hydrogen-bond acceptors (Lipinski definition) is 4. The number of halogens is 6. The second-order valence-electron chi connectivity index (χ2n) is 7.71. The first-order chi connectivity index (χ1) is 15.0. The summed E-state index contributed by atoms with van der Waals surface area (Å²) in [6.45, 7) is 1.81. The van der Waals surface area contributed by atoms with Crippen molar-refractivity contribution in [2.75, 3.05) is 11.4 Å². The summed E-state index contributed by atoms with van der Waals surface area (Å²) in [5.41, 5.74) is -1.50. The van der Waals surface area contributed by atoms with Crippen LogP contribution in [0.4, 0.5) is 27.6 Å². The second kappa shape index (κ2) is 7.52. The zero-order chi connectivity index (χ0) is 23.4. The summed E-state index contributed by atoms with van der Waals surface area (Å²) in [5, 5.41) is 11.1. The van der Waals surface area contributed by atoms with Gasteiger partial charge in [0, 0.05) is 24.2 Å². The molecule has 2 heterocycles. The molecule has 0 aromatic heterocycles. The number of ether oxygens (including phenoxy) is 1. The van der Waals surface area contributed by atoms with Crippen LogP contribution in [0.5, 0.6) is 11.5 Å². The number of carbonyl (C=O) groups excluding carboxylic acids is 1. The van der Waals surface area contributed by atoms with Crippen molar-refractivity contribution in [2.24, 2.45) is 0 Å². The highest BCUT2D eigenvalue weighted by Gasteiger charge is 2.52. The third-order valence-electron chi connectivity index (χ3n) is 5.92. The molecule has 1 saturated heterocycles. The second-order valence-corrected chi connectivity index (χ2v) is 8.09. The third kappa shape index (κ3) is 3.32. The van der Waals surface area contributed by atoms with Gasteiger partial charge in [-0.2, -0.15) is 18.4 Å². The molecule has 2 aliphatic heterocycles. The lowest BCUT2D eigenvalue weighted by Gasteiger charge is -2.51. The standard InChI is InChI=1S/C21H15ClF5N3O2/c1-20-12-5-4-10(23)7-14(12)32-15-8-13(24)11(9-28)17(22)18(15)30(20)6-2-3-16(20)29-19(31)21(25,26)27/h4-5,7-8,16H,2-3,6H2,1H3,(H,29,31)/t16?,20-/m1/s1. The lowest BCUT2D eigenvalue weighted by atomic mass is 9.77. The molecule has 2 aromatic rings. The van der Waals surface area contributed by atoms with Crippen LogP contribution in [-0.4, -0.2) is 24.7 Å². The van der Waals surface area contributed by atoms with Crippen LogP contribution in [0, 0.1) is 23.0 Å². The first kappa shape index (κ1) is 22.1. The molecule has 1 fully saturated rings. The number of nitrogens with zero attached hydrogens (tertiary/aromatic N) is 2. The van der Waals surface area contributed by atoms with Gasteiger partial charge in [0.15, 0.2) is 5.75 Å². The predicted octanol–water partition coefficient (Wildman–Crippen LogP) is 5.16. The molecule has 1 N–H and O–H groups in total. The zero-order valence-corrected chi connectivity index (χ0v) is 17.2. The maximum absolute atomic E-state index is 14.5. The number of benzene rings is 2. The fourth-order valence-corrected chi connectivity index (χ4v) is 4.75. The number of rotatable bonds is 1. The molecule has 1 amide bonds. The Balaban J connectivity index is 1.98. The minimum atomic E-state index is -5.11. The molecule has 2 atom stereocenters. The first-order valence-electron chi connectivity index (χ1n) is 9.53. The van der Waals surface area contributed by atoms with E-state index in [1.807, 2.05) is 5.32 Å². The van der Waals surface area contributed by atoms with E-state index in [4.69, 9.17) is 16.3 Å². The molecule has 2 aromatic carbocycles. The minimum Gasteiger partial charge on any atom is -0.455 e. The van der Waals surface area contributed by atoms with E-state index in [1.165, 1.54) is 6.07 Å². The van der Waals surface area contributed by atoms with Crippen LogP contribution in [0.2, 0.25) is 5.02 Å². The fourth-order valence-electron chi connectivity index (χ4n) is 4.42. The van der Waals surface area contributed by atoms with Crippen molar-refractivity contribution in [1.82, 2.24) is 5.32 Å². The number of nitrogens with one attached hydrogen (secondary N) is 1. The number of piperidine rings is 1. The molecular formula is C21H15ClF5N3O2. The van der Waals surface area contributed by atoms with E-state index >= 15 is 0 Å². The van der Waals surface area contributed by atoms with E-state index in [0.717, 1.165) is 18.2 Å². The van der Waals surface area contributed by atoms with Crippen LogP contribution in [-0.2, 0) is 10.3 Å². The van der Waals surface area contributed by atoms with Crippen molar-refractivity contribution in [2.45, 2.75) is 37.5 Å². The summed E-state index contributed by atoms with van der Waals surface area (Å²) in [7, 11) is 0. The predicted molar refractivity (Wildman–Crippen MR) is 105 cm³/mol. The Morgan fingerprint density at radius 1 is 1.31 bits per heavy atom. The van der Waals surface area contributed by atoms with Crippen LogP contribution in [0.15, 0.2) is 24.3 Å². The minimum absolute atomic E-state index is 0.0652. The van der Waals surface area contributed by atoms with Crippen LogP contribution >= 0.6 is 11.6 Å². The quantitative estimate of drug-likeness (QED) is 0.584. The van der Waals surface area contributed by atoms with Gasteiger partial charge in [-0.05, 0) is 31.9 Å². The average molecular weight is 472 g/mol. The number of carbonyl (C=O) groups is 1. The molecule has 0 spiro atoms. The van der Waals surface area contributed by atoms with Gasteiger partial charge in [0.25, 0.3) is 0 Å². The van der Waals surface area contributed by atoms with Crippen molar-refractivity contribution < 1.29 is 31.5 Å². The summed E-state index contributed by atoms with van der Waals surface area (Å²) >= 11 is 6.36. The van der Waals surface area contributed by atoms with E-state index < -0.39 is 40.9 Å². The van der Waals surface area contributed by atoms with E-state index in [0.29, 0.717) is 6.42 Å². The largest absolute Gasteiger partial charge is 0.471 e. The Morgan fingerprint density at radius 2 is 2.03 bits per heavy atom. The highest BCUT2D eigenvalue weighted by atomic mass is 35.5. The molecule has 0 bridgehead atoms. The summed E-state index contributed by atoms with van der Waals surface area (Å²) in [6.07, 6.45) is -4.59. The number of hydrogen-bond donors (Lipinski definition) is 1. The fraction of sp³-hybridized carbons (Fsp3) is 0.333. The monoisotopic (exact) mass is 471 g/mol. The van der Waals surface area contributed by atoms with Crippen molar-refractivity contribution in [3.8, 4) is 17.6 Å². The molecule has 0 aliphatic carbocycles. The molecule has 2 aliphatic rings. The van der Waals surface area contributed by atoms with Crippen molar-refractivity contribution in [3.05, 3.63) is 52.0 Å². The van der Waals surface area contributed by atoms with E-state index in [2.05, 4.69) is 0 Å². The van der Waals surface area contributed by atoms with Crippen molar-refractivity contribution >= 4 is 23.2 Å². The summed E-state index contributed by atoms with van der Waals surface area (Å²) in [5.74, 6) is -3.96. The number of amides is 1. The third-order valence-corrected chi connectivity index (χ3v) is 6.29. The normalized spacial score (nSPS) is 21.9. The first-order valence-corrected chi connectivity index (χ1v) is 9.91. The summed E-state index contributed by atoms with van der Waals surface area (Å²) in [6, 6.07) is 4.99. The van der Waals surface area contributed by atoms with Gasteiger partial charge in [-0.3, -0.25) is 4.79 Å². The van der Waals surface area contributed by atoms with Crippen LogP contribution in [0.3, 0.4) is 0 Å². The molecule has 4 rings (SSSR count). The molecule has 0 saturated carbocycles.